The first kappa shape index (κ1) is 22.0. The number of benzene rings is 1. The van der Waals surface area contributed by atoms with E-state index in [-0.39, 0.29) is 30.2 Å². The quantitative estimate of drug-likeness (QED) is 0.672. The van der Waals surface area contributed by atoms with Crippen molar-refractivity contribution in [2.45, 2.75) is 25.9 Å². The smallest absolute Gasteiger partial charge is 0.234 e. The molecule has 0 radical (unpaired) electrons. The number of hydrogen-bond acceptors (Lipinski definition) is 5. The van der Waals surface area contributed by atoms with Crippen LogP contribution in [0.25, 0.3) is 0 Å². The van der Waals surface area contributed by atoms with Gasteiger partial charge in [-0.25, -0.2) is 0 Å². The minimum atomic E-state index is -0.295. The zero-order valence-electron chi connectivity index (χ0n) is 17.2. The molecule has 0 aliphatic carbocycles. The second kappa shape index (κ2) is 10.9. The van der Waals surface area contributed by atoms with Crippen LogP contribution in [0.4, 0.5) is 0 Å². The number of amides is 3. The minimum absolute atomic E-state index is 0.0120. The first-order valence-electron chi connectivity index (χ1n) is 10.1. The maximum atomic E-state index is 12.8. The predicted molar refractivity (Wildman–Crippen MR) is 117 cm³/mol. The molecule has 1 unspecified atom stereocenters. The lowest BCUT2D eigenvalue weighted by atomic mass is 10.1. The van der Waals surface area contributed by atoms with Crippen molar-refractivity contribution < 1.29 is 14.4 Å². The van der Waals surface area contributed by atoms with E-state index in [0.717, 1.165) is 10.4 Å². The number of hydrogen-bond donors (Lipinski definition) is 2. The van der Waals surface area contributed by atoms with Crippen LogP contribution in [0.2, 0.25) is 0 Å². The van der Waals surface area contributed by atoms with Crippen LogP contribution in [-0.4, -0.2) is 60.2 Å². The fourth-order valence-electron chi connectivity index (χ4n) is 3.47. The maximum absolute atomic E-state index is 12.8. The third-order valence-corrected chi connectivity index (χ3v) is 6.05. The number of nitrogens with one attached hydrogen (secondary N) is 2. The molecule has 2 aromatic rings. The van der Waals surface area contributed by atoms with E-state index in [0.29, 0.717) is 39.3 Å². The Balaban J connectivity index is 1.42. The van der Waals surface area contributed by atoms with E-state index in [1.807, 2.05) is 52.7 Å². The lowest BCUT2D eigenvalue weighted by Gasteiger charge is -2.35. The molecule has 1 aromatic carbocycles. The van der Waals surface area contributed by atoms with Crippen molar-refractivity contribution in [3.63, 3.8) is 0 Å². The van der Waals surface area contributed by atoms with Crippen LogP contribution in [-0.2, 0) is 20.9 Å². The van der Waals surface area contributed by atoms with Gasteiger partial charge in [0.2, 0.25) is 17.7 Å². The Kier molecular flexibility index (Phi) is 7.98. The molecular weight excluding hydrogens is 400 g/mol. The van der Waals surface area contributed by atoms with Crippen molar-refractivity contribution in [3.8, 4) is 0 Å². The lowest BCUT2D eigenvalue weighted by molar-refractivity contribution is -0.134. The van der Waals surface area contributed by atoms with Crippen molar-refractivity contribution in [1.82, 2.24) is 20.4 Å². The summed E-state index contributed by atoms with van der Waals surface area (Å²) in [5.74, 6) is -0.134. The highest BCUT2D eigenvalue weighted by molar-refractivity contribution is 7.10. The SMILES string of the molecule is CC(=O)NC(CC(=O)N1CCN(CC(=O)NCc2ccccc2)CC1)c1cccs1. The number of piperazine rings is 1. The number of rotatable bonds is 8. The van der Waals surface area contributed by atoms with Crippen LogP contribution in [0.15, 0.2) is 47.8 Å². The fourth-order valence-corrected chi connectivity index (χ4v) is 4.25. The summed E-state index contributed by atoms with van der Waals surface area (Å²) < 4.78 is 0. The molecule has 8 heteroatoms. The Hall–Kier alpha value is -2.71. The normalized spacial score (nSPS) is 15.4. The van der Waals surface area contributed by atoms with Gasteiger partial charge in [0.1, 0.15) is 0 Å². The van der Waals surface area contributed by atoms with Gasteiger partial charge in [0, 0.05) is 44.5 Å². The van der Waals surface area contributed by atoms with Gasteiger partial charge in [-0.2, -0.15) is 0 Å². The lowest BCUT2D eigenvalue weighted by Crippen LogP contribution is -2.51. The largest absolute Gasteiger partial charge is 0.351 e. The van der Waals surface area contributed by atoms with Crippen molar-refractivity contribution in [2.24, 2.45) is 0 Å². The van der Waals surface area contributed by atoms with Crippen LogP contribution in [0, 0.1) is 0 Å². The molecular formula is C22H28N4O3S. The summed E-state index contributed by atoms with van der Waals surface area (Å²) in [4.78, 5) is 41.3. The molecule has 160 valence electrons. The highest BCUT2D eigenvalue weighted by Crippen LogP contribution is 2.23. The Morgan fingerprint density at radius 3 is 2.40 bits per heavy atom. The molecule has 1 fully saturated rings. The molecule has 1 saturated heterocycles. The van der Waals surface area contributed by atoms with E-state index < -0.39 is 0 Å². The van der Waals surface area contributed by atoms with Crippen LogP contribution in [0.3, 0.4) is 0 Å². The summed E-state index contributed by atoms with van der Waals surface area (Å²) in [5.41, 5.74) is 1.07. The average Bonchev–Trinajstić information content (AvgIpc) is 3.28. The van der Waals surface area contributed by atoms with E-state index in [1.54, 1.807) is 0 Å². The van der Waals surface area contributed by atoms with Gasteiger partial charge in [-0.15, -0.1) is 11.3 Å². The molecule has 0 bridgehead atoms. The van der Waals surface area contributed by atoms with Crippen molar-refractivity contribution in [1.29, 1.82) is 0 Å². The molecule has 3 amide bonds. The molecule has 0 spiro atoms. The highest BCUT2D eigenvalue weighted by Gasteiger charge is 2.25. The number of nitrogens with zero attached hydrogens (tertiary/aromatic N) is 2. The molecule has 0 saturated carbocycles. The van der Waals surface area contributed by atoms with E-state index in [9.17, 15) is 14.4 Å². The number of carbonyl (C=O) groups is 3. The zero-order chi connectivity index (χ0) is 21.3. The summed E-state index contributed by atoms with van der Waals surface area (Å²) in [6, 6.07) is 13.4. The zero-order valence-corrected chi connectivity index (χ0v) is 18.0. The van der Waals surface area contributed by atoms with Crippen LogP contribution < -0.4 is 10.6 Å². The Morgan fingerprint density at radius 1 is 1.03 bits per heavy atom. The third-order valence-electron chi connectivity index (χ3n) is 5.07. The molecule has 3 rings (SSSR count). The average molecular weight is 429 g/mol. The predicted octanol–water partition coefficient (Wildman–Crippen LogP) is 1.78. The first-order chi connectivity index (χ1) is 14.5. The van der Waals surface area contributed by atoms with E-state index >= 15 is 0 Å². The first-order valence-corrected chi connectivity index (χ1v) is 11.0. The molecule has 1 aliphatic heterocycles. The maximum Gasteiger partial charge on any atom is 0.234 e. The Labute approximate surface area is 181 Å². The van der Waals surface area contributed by atoms with Gasteiger partial charge < -0.3 is 15.5 Å². The topological polar surface area (TPSA) is 81.8 Å². The Morgan fingerprint density at radius 2 is 1.77 bits per heavy atom. The monoisotopic (exact) mass is 428 g/mol. The summed E-state index contributed by atoms with van der Waals surface area (Å²) in [6.07, 6.45) is 0.248. The number of thiophene rings is 1. The second-order valence-electron chi connectivity index (χ2n) is 7.39. The van der Waals surface area contributed by atoms with Crippen LogP contribution >= 0.6 is 11.3 Å². The fraction of sp³-hybridized carbons (Fsp3) is 0.409. The van der Waals surface area contributed by atoms with E-state index in [2.05, 4.69) is 15.5 Å². The highest BCUT2D eigenvalue weighted by atomic mass is 32.1. The third kappa shape index (κ3) is 6.67. The van der Waals surface area contributed by atoms with Crippen molar-refractivity contribution >= 4 is 29.1 Å². The second-order valence-corrected chi connectivity index (χ2v) is 8.37. The minimum Gasteiger partial charge on any atom is -0.351 e. The molecule has 2 N–H and O–H groups in total. The van der Waals surface area contributed by atoms with Crippen molar-refractivity contribution in [2.75, 3.05) is 32.7 Å². The van der Waals surface area contributed by atoms with Gasteiger partial charge >= 0.3 is 0 Å². The van der Waals surface area contributed by atoms with E-state index in [1.165, 1.54) is 18.3 Å². The van der Waals surface area contributed by atoms with Crippen molar-refractivity contribution in [3.05, 3.63) is 58.3 Å². The summed E-state index contributed by atoms with van der Waals surface area (Å²) in [6.45, 7) is 4.81. The van der Waals surface area contributed by atoms with Crippen LogP contribution in [0.1, 0.15) is 29.8 Å². The van der Waals surface area contributed by atoms with Crippen LogP contribution in [0.5, 0.6) is 0 Å². The molecule has 7 nitrogen and oxygen atoms in total. The van der Waals surface area contributed by atoms with Gasteiger partial charge in [-0.05, 0) is 17.0 Å². The van der Waals surface area contributed by atoms with Gasteiger partial charge in [0.25, 0.3) is 0 Å². The molecule has 2 heterocycles. The van der Waals surface area contributed by atoms with Gasteiger partial charge in [-0.3, -0.25) is 19.3 Å². The standard InChI is InChI=1S/C22H28N4O3S/c1-17(27)24-19(20-8-5-13-30-20)14-22(29)26-11-9-25(10-12-26)16-21(28)23-15-18-6-3-2-4-7-18/h2-8,13,19H,9-12,14-16H2,1H3,(H,23,28)(H,24,27). The summed E-state index contributed by atoms with van der Waals surface area (Å²) in [5, 5.41) is 7.76. The molecule has 1 aliphatic rings. The summed E-state index contributed by atoms with van der Waals surface area (Å²) in [7, 11) is 0. The summed E-state index contributed by atoms with van der Waals surface area (Å²) >= 11 is 1.53. The molecule has 30 heavy (non-hydrogen) atoms. The van der Waals surface area contributed by atoms with Gasteiger partial charge in [0.15, 0.2) is 0 Å². The Bertz CT molecular complexity index is 833. The van der Waals surface area contributed by atoms with Gasteiger partial charge in [0.05, 0.1) is 19.0 Å². The van der Waals surface area contributed by atoms with E-state index in [4.69, 9.17) is 0 Å². The molecule has 1 atom stereocenters. The number of carbonyl (C=O) groups excluding carboxylic acids is 3. The molecule has 1 aromatic heterocycles. The van der Waals surface area contributed by atoms with Gasteiger partial charge in [-0.1, -0.05) is 36.4 Å².